The second-order valence-electron chi connectivity index (χ2n) is 9.38. The van der Waals surface area contributed by atoms with Gasteiger partial charge in [-0.3, -0.25) is 9.69 Å². The van der Waals surface area contributed by atoms with Gasteiger partial charge in [0.05, 0.1) is 12.6 Å². The molecule has 0 spiro atoms. The summed E-state index contributed by atoms with van der Waals surface area (Å²) in [6.07, 6.45) is 0.957. The zero-order chi connectivity index (χ0) is 26.2. The number of halogens is 1. The Morgan fingerprint density at radius 2 is 1.97 bits per heavy atom. The van der Waals surface area contributed by atoms with Crippen molar-refractivity contribution in [3.8, 4) is 11.5 Å². The molecule has 0 saturated carbocycles. The first kappa shape index (κ1) is 27.1. The maximum absolute atomic E-state index is 13.6. The van der Waals surface area contributed by atoms with Crippen molar-refractivity contribution in [1.82, 2.24) is 9.80 Å². The molecule has 1 amide bonds. The van der Waals surface area contributed by atoms with Crippen LogP contribution >= 0.6 is 11.3 Å². The maximum atomic E-state index is 13.6. The van der Waals surface area contributed by atoms with Crippen LogP contribution in [0.15, 0.2) is 60.0 Å². The summed E-state index contributed by atoms with van der Waals surface area (Å²) in [4.78, 5) is 18.7. The first-order chi connectivity index (χ1) is 17.9. The Kier molecular flexibility index (Phi) is 9.55. The van der Waals surface area contributed by atoms with Crippen LogP contribution in [0.2, 0.25) is 0 Å². The van der Waals surface area contributed by atoms with E-state index in [1.807, 2.05) is 41.0 Å². The summed E-state index contributed by atoms with van der Waals surface area (Å²) < 4.78 is 25.1. The smallest absolute Gasteiger partial charge is 0.237 e. The molecule has 8 heteroatoms. The van der Waals surface area contributed by atoms with Crippen LogP contribution < -0.4 is 9.47 Å². The molecule has 0 radical (unpaired) electrons. The van der Waals surface area contributed by atoms with Gasteiger partial charge in [0, 0.05) is 18.0 Å². The molecule has 198 valence electrons. The molecule has 37 heavy (non-hydrogen) atoms. The van der Waals surface area contributed by atoms with E-state index in [1.165, 1.54) is 17.0 Å². The Labute approximate surface area is 222 Å². The van der Waals surface area contributed by atoms with Gasteiger partial charge >= 0.3 is 0 Å². The molecule has 3 aromatic rings. The number of aryl methyl sites for hydroxylation is 1. The third-order valence-electron chi connectivity index (χ3n) is 6.53. The van der Waals surface area contributed by atoms with E-state index < -0.39 is 6.10 Å². The number of para-hydroxylation sites is 1. The highest BCUT2D eigenvalue weighted by Gasteiger charge is 2.33. The Balaban J connectivity index is 1.38. The SMILES string of the molecule is CCCN(CC(=O)N1CCc2sccc2[C@@H]1COc1ccc(F)cc1)C[C@H](O)COc1ccccc1C. The van der Waals surface area contributed by atoms with Crippen molar-refractivity contribution in [3.63, 3.8) is 0 Å². The number of amides is 1. The van der Waals surface area contributed by atoms with E-state index in [1.54, 1.807) is 23.5 Å². The molecule has 0 saturated heterocycles. The molecule has 1 aromatic heterocycles. The van der Waals surface area contributed by atoms with E-state index in [0.717, 1.165) is 29.7 Å². The lowest BCUT2D eigenvalue weighted by Gasteiger charge is -2.37. The molecule has 0 unspecified atom stereocenters. The van der Waals surface area contributed by atoms with Gasteiger partial charge < -0.3 is 19.5 Å². The lowest BCUT2D eigenvalue weighted by atomic mass is 10.0. The number of carbonyl (C=O) groups is 1. The molecule has 0 bridgehead atoms. The summed E-state index contributed by atoms with van der Waals surface area (Å²) in [5.41, 5.74) is 2.13. The van der Waals surface area contributed by atoms with Crippen LogP contribution in [0.4, 0.5) is 4.39 Å². The average molecular weight is 527 g/mol. The van der Waals surface area contributed by atoms with E-state index in [-0.39, 0.29) is 30.9 Å². The van der Waals surface area contributed by atoms with Crippen LogP contribution in [0.25, 0.3) is 0 Å². The predicted molar refractivity (Wildman–Crippen MR) is 144 cm³/mol. The van der Waals surface area contributed by atoms with Gasteiger partial charge in [-0.05, 0) is 79.2 Å². The minimum atomic E-state index is -0.721. The monoisotopic (exact) mass is 526 g/mol. The number of benzene rings is 2. The van der Waals surface area contributed by atoms with Crippen molar-refractivity contribution in [2.45, 2.75) is 38.8 Å². The van der Waals surface area contributed by atoms with Crippen molar-refractivity contribution in [3.05, 3.63) is 81.8 Å². The molecule has 4 rings (SSSR count). The van der Waals surface area contributed by atoms with Gasteiger partial charge in [-0.15, -0.1) is 11.3 Å². The quantitative estimate of drug-likeness (QED) is 0.366. The summed E-state index contributed by atoms with van der Waals surface area (Å²) in [6, 6.07) is 15.5. The molecule has 2 aromatic carbocycles. The molecular weight excluding hydrogens is 491 g/mol. The van der Waals surface area contributed by atoms with E-state index in [4.69, 9.17) is 9.47 Å². The van der Waals surface area contributed by atoms with Crippen LogP contribution in [0.5, 0.6) is 11.5 Å². The van der Waals surface area contributed by atoms with Gasteiger partial charge in [0.15, 0.2) is 0 Å². The molecule has 1 aliphatic heterocycles. The highest BCUT2D eigenvalue weighted by atomic mass is 32.1. The number of hydrogen-bond acceptors (Lipinski definition) is 6. The lowest BCUT2D eigenvalue weighted by Crippen LogP contribution is -2.48. The summed E-state index contributed by atoms with van der Waals surface area (Å²) >= 11 is 1.70. The van der Waals surface area contributed by atoms with Gasteiger partial charge in [-0.25, -0.2) is 4.39 Å². The van der Waals surface area contributed by atoms with Gasteiger partial charge in [-0.1, -0.05) is 25.1 Å². The summed E-state index contributed by atoms with van der Waals surface area (Å²) in [7, 11) is 0. The summed E-state index contributed by atoms with van der Waals surface area (Å²) in [5, 5.41) is 12.7. The number of thiophene rings is 1. The van der Waals surface area contributed by atoms with Crippen LogP contribution in [-0.2, 0) is 11.2 Å². The number of carbonyl (C=O) groups excluding carboxylic acids is 1. The fourth-order valence-electron chi connectivity index (χ4n) is 4.67. The average Bonchev–Trinajstić information content (AvgIpc) is 3.37. The Hall–Kier alpha value is -2.94. The van der Waals surface area contributed by atoms with Crippen LogP contribution in [0, 0.1) is 12.7 Å². The standard InChI is InChI=1S/C29H35FN2O4S/c1-3-14-31(17-23(33)19-36-27-7-5-4-6-21(27)2)18-29(34)32-15-12-28-25(13-16-37-28)26(32)20-35-24-10-8-22(30)9-11-24/h4-11,13,16,23,26,33H,3,12,14-15,17-20H2,1-2H3/t23-,26-/m0/s1. The van der Waals surface area contributed by atoms with Gasteiger partial charge in [0.1, 0.15) is 36.6 Å². The second-order valence-corrected chi connectivity index (χ2v) is 10.4. The molecule has 6 nitrogen and oxygen atoms in total. The summed E-state index contributed by atoms with van der Waals surface area (Å²) in [5.74, 6) is 1.01. The Bertz CT molecular complexity index is 1150. The van der Waals surface area contributed by atoms with Crippen molar-refractivity contribution < 1.29 is 23.8 Å². The number of nitrogens with zero attached hydrogens (tertiary/aromatic N) is 2. The highest BCUT2D eigenvalue weighted by molar-refractivity contribution is 7.10. The molecule has 2 heterocycles. The van der Waals surface area contributed by atoms with Crippen LogP contribution in [0.3, 0.4) is 0 Å². The fraction of sp³-hybridized carbons (Fsp3) is 0.414. The van der Waals surface area contributed by atoms with Gasteiger partial charge in [-0.2, -0.15) is 0 Å². The number of ether oxygens (including phenoxy) is 2. The van der Waals surface area contributed by atoms with Crippen molar-refractivity contribution in [2.24, 2.45) is 0 Å². The minimum absolute atomic E-state index is 0.00466. The zero-order valence-corrected chi connectivity index (χ0v) is 22.3. The van der Waals surface area contributed by atoms with Crippen molar-refractivity contribution in [2.75, 3.05) is 39.4 Å². The van der Waals surface area contributed by atoms with E-state index in [0.29, 0.717) is 32.0 Å². The van der Waals surface area contributed by atoms with Crippen molar-refractivity contribution in [1.29, 1.82) is 0 Å². The number of aliphatic hydroxyl groups excluding tert-OH is 1. The zero-order valence-electron chi connectivity index (χ0n) is 21.4. The second kappa shape index (κ2) is 13.0. The predicted octanol–water partition coefficient (Wildman–Crippen LogP) is 4.85. The molecule has 1 N–H and O–H groups in total. The van der Waals surface area contributed by atoms with E-state index in [9.17, 15) is 14.3 Å². The topological polar surface area (TPSA) is 62.2 Å². The fourth-order valence-corrected chi connectivity index (χ4v) is 5.60. The lowest BCUT2D eigenvalue weighted by molar-refractivity contribution is -0.136. The number of rotatable bonds is 12. The first-order valence-corrected chi connectivity index (χ1v) is 13.7. The van der Waals surface area contributed by atoms with Gasteiger partial charge in [0.2, 0.25) is 5.91 Å². The summed E-state index contributed by atoms with van der Waals surface area (Å²) in [6.45, 7) is 6.35. The van der Waals surface area contributed by atoms with Crippen LogP contribution in [0.1, 0.15) is 35.4 Å². The third kappa shape index (κ3) is 7.31. The number of fused-ring (bicyclic) bond motifs is 1. The van der Waals surface area contributed by atoms with E-state index >= 15 is 0 Å². The maximum Gasteiger partial charge on any atom is 0.237 e. The minimum Gasteiger partial charge on any atom is -0.491 e. The molecule has 0 fully saturated rings. The third-order valence-corrected chi connectivity index (χ3v) is 7.53. The highest BCUT2D eigenvalue weighted by Crippen LogP contribution is 2.34. The number of hydrogen-bond donors (Lipinski definition) is 1. The largest absolute Gasteiger partial charge is 0.491 e. The Morgan fingerprint density at radius 3 is 2.73 bits per heavy atom. The van der Waals surface area contributed by atoms with Crippen molar-refractivity contribution >= 4 is 17.2 Å². The van der Waals surface area contributed by atoms with Crippen LogP contribution in [-0.4, -0.2) is 66.3 Å². The normalized spacial score (nSPS) is 15.9. The van der Waals surface area contributed by atoms with Gasteiger partial charge in [0.25, 0.3) is 0 Å². The molecule has 0 aliphatic carbocycles. The Morgan fingerprint density at radius 1 is 1.19 bits per heavy atom. The van der Waals surface area contributed by atoms with E-state index in [2.05, 4.69) is 18.4 Å². The molecule has 1 aliphatic rings. The number of aliphatic hydroxyl groups is 1. The molecular formula is C29H35FN2O4S. The first-order valence-electron chi connectivity index (χ1n) is 12.8. The molecule has 2 atom stereocenters.